The van der Waals surface area contributed by atoms with Crippen LogP contribution in [0.4, 0.5) is 10.2 Å². The van der Waals surface area contributed by atoms with Crippen LogP contribution in [0.1, 0.15) is 28.9 Å². The first kappa shape index (κ1) is 17.4. The van der Waals surface area contributed by atoms with Gasteiger partial charge in [0, 0.05) is 37.9 Å². The highest BCUT2D eigenvalue weighted by atomic mass is 19.1. The van der Waals surface area contributed by atoms with Gasteiger partial charge in [0.15, 0.2) is 0 Å². The SMILES string of the molecule is C[C@H](NC(=O)c1ccnc(N2CCN(C)CC2)c1)c1ccc(F)cc1. The summed E-state index contributed by atoms with van der Waals surface area (Å²) in [6.45, 7) is 5.66. The normalized spacial score (nSPS) is 16.5. The first-order valence-corrected chi connectivity index (χ1v) is 8.49. The molecular formula is C19H23FN4O. The van der Waals surface area contributed by atoms with Gasteiger partial charge in [0.1, 0.15) is 11.6 Å². The highest BCUT2D eigenvalue weighted by Crippen LogP contribution is 2.17. The second-order valence-corrected chi connectivity index (χ2v) is 6.44. The first-order chi connectivity index (χ1) is 12.0. The molecule has 1 amide bonds. The van der Waals surface area contributed by atoms with Crippen molar-refractivity contribution in [2.24, 2.45) is 0 Å². The number of halogens is 1. The van der Waals surface area contributed by atoms with Gasteiger partial charge in [-0.05, 0) is 43.8 Å². The number of aromatic nitrogens is 1. The van der Waals surface area contributed by atoms with Gasteiger partial charge in [-0.3, -0.25) is 4.79 Å². The largest absolute Gasteiger partial charge is 0.354 e. The van der Waals surface area contributed by atoms with Gasteiger partial charge in [-0.2, -0.15) is 0 Å². The van der Waals surface area contributed by atoms with Gasteiger partial charge >= 0.3 is 0 Å². The standard InChI is InChI=1S/C19H23FN4O/c1-14(15-3-5-17(20)6-4-15)22-19(25)16-7-8-21-18(13-16)24-11-9-23(2)10-12-24/h3-8,13-14H,9-12H2,1-2H3,(H,22,25)/t14-/m0/s1. The van der Waals surface area contributed by atoms with Crippen molar-refractivity contribution in [3.05, 3.63) is 59.5 Å². The fourth-order valence-corrected chi connectivity index (χ4v) is 2.88. The first-order valence-electron chi connectivity index (χ1n) is 8.49. The van der Waals surface area contributed by atoms with E-state index in [0.717, 1.165) is 37.6 Å². The van der Waals surface area contributed by atoms with E-state index >= 15 is 0 Å². The molecule has 0 unspecified atom stereocenters. The molecule has 1 aromatic heterocycles. The topological polar surface area (TPSA) is 48.5 Å². The monoisotopic (exact) mass is 342 g/mol. The zero-order chi connectivity index (χ0) is 17.8. The fraction of sp³-hybridized carbons (Fsp3) is 0.368. The van der Waals surface area contributed by atoms with Crippen LogP contribution >= 0.6 is 0 Å². The van der Waals surface area contributed by atoms with Crippen molar-refractivity contribution >= 4 is 11.7 Å². The molecule has 132 valence electrons. The number of nitrogens with one attached hydrogen (secondary N) is 1. The van der Waals surface area contributed by atoms with Crippen LogP contribution < -0.4 is 10.2 Å². The molecule has 5 nitrogen and oxygen atoms in total. The Labute approximate surface area is 147 Å². The number of hydrogen-bond acceptors (Lipinski definition) is 4. The number of carbonyl (C=O) groups is 1. The molecule has 1 aliphatic rings. The van der Waals surface area contributed by atoms with Crippen LogP contribution in [0.15, 0.2) is 42.6 Å². The summed E-state index contributed by atoms with van der Waals surface area (Å²) in [6.07, 6.45) is 1.67. The van der Waals surface area contributed by atoms with Crippen molar-refractivity contribution in [2.75, 3.05) is 38.1 Å². The number of nitrogens with zero attached hydrogens (tertiary/aromatic N) is 3. The summed E-state index contributed by atoms with van der Waals surface area (Å²) in [5.41, 5.74) is 1.45. The molecule has 1 atom stereocenters. The lowest BCUT2D eigenvalue weighted by Gasteiger charge is -2.33. The average molecular weight is 342 g/mol. The molecule has 0 spiro atoms. The molecule has 0 saturated carbocycles. The Morgan fingerprint density at radius 2 is 1.84 bits per heavy atom. The van der Waals surface area contributed by atoms with Gasteiger partial charge < -0.3 is 15.1 Å². The number of benzene rings is 1. The number of rotatable bonds is 4. The van der Waals surface area contributed by atoms with Crippen LogP contribution in [0.5, 0.6) is 0 Å². The Hall–Kier alpha value is -2.47. The van der Waals surface area contributed by atoms with Crippen molar-refractivity contribution in [3.8, 4) is 0 Å². The minimum atomic E-state index is -0.284. The number of pyridine rings is 1. The van der Waals surface area contributed by atoms with Gasteiger partial charge in [0.25, 0.3) is 5.91 Å². The van der Waals surface area contributed by atoms with E-state index in [1.165, 1.54) is 12.1 Å². The third-order valence-electron chi connectivity index (χ3n) is 4.55. The maximum Gasteiger partial charge on any atom is 0.251 e. The molecule has 0 aliphatic carbocycles. The molecular weight excluding hydrogens is 319 g/mol. The maximum absolute atomic E-state index is 13.0. The van der Waals surface area contributed by atoms with E-state index in [4.69, 9.17) is 0 Å². The number of likely N-dealkylation sites (N-methyl/N-ethyl adjacent to an activating group) is 1. The number of hydrogen-bond donors (Lipinski definition) is 1. The van der Waals surface area contributed by atoms with Crippen LogP contribution in [0.2, 0.25) is 0 Å². The summed E-state index contributed by atoms with van der Waals surface area (Å²) < 4.78 is 13.0. The third kappa shape index (κ3) is 4.33. The van der Waals surface area contributed by atoms with Gasteiger partial charge in [0.05, 0.1) is 6.04 Å². The summed E-state index contributed by atoms with van der Waals surface area (Å²) in [5.74, 6) is 0.387. The Kier molecular flexibility index (Phi) is 5.28. The minimum Gasteiger partial charge on any atom is -0.354 e. The van der Waals surface area contributed by atoms with Crippen LogP contribution in [0, 0.1) is 5.82 Å². The molecule has 25 heavy (non-hydrogen) atoms. The number of piperazine rings is 1. The van der Waals surface area contributed by atoms with E-state index < -0.39 is 0 Å². The zero-order valence-corrected chi connectivity index (χ0v) is 14.6. The molecule has 3 rings (SSSR count). The lowest BCUT2D eigenvalue weighted by atomic mass is 10.1. The third-order valence-corrected chi connectivity index (χ3v) is 4.55. The Bertz CT molecular complexity index is 726. The summed E-state index contributed by atoms with van der Waals surface area (Å²) in [4.78, 5) is 21.4. The van der Waals surface area contributed by atoms with Crippen LogP contribution in [-0.2, 0) is 0 Å². The lowest BCUT2D eigenvalue weighted by molar-refractivity contribution is 0.0940. The summed E-state index contributed by atoms with van der Waals surface area (Å²) >= 11 is 0. The van der Waals surface area contributed by atoms with E-state index in [9.17, 15) is 9.18 Å². The zero-order valence-electron chi connectivity index (χ0n) is 14.6. The Balaban J connectivity index is 1.67. The van der Waals surface area contributed by atoms with E-state index in [1.54, 1.807) is 24.4 Å². The molecule has 6 heteroatoms. The predicted molar refractivity (Wildman–Crippen MR) is 96.2 cm³/mol. The van der Waals surface area contributed by atoms with E-state index in [-0.39, 0.29) is 17.8 Å². The quantitative estimate of drug-likeness (QED) is 0.927. The number of anilines is 1. The average Bonchev–Trinajstić information content (AvgIpc) is 2.63. The lowest BCUT2D eigenvalue weighted by Crippen LogP contribution is -2.44. The van der Waals surface area contributed by atoms with Crippen LogP contribution in [0.3, 0.4) is 0 Å². The summed E-state index contributed by atoms with van der Waals surface area (Å²) in [5, 5.41) is 2.95. The number of carbonyl (C=O) groups excluding carboxylic acids is 1. The van der Waals surface area contributed by atoms with E-state index in [0.29, 0.717) is 5.56 Å². The van der Waals surface area contributed by atoms with E-state index in [2.05, 4.69) is 27.1 Å². The smallest absolute Gasteiger partial charge is 0.251 e. The molecule has 0 radical (unpaired) electrons. The Morgan fingerprint density at radius 1 is 1.16 bits per heavy atom. The molecule has 1 aliphatic heterocycles. The molecule has 2 heterocycles. The van der Waals surface area contributed by atoms with Gasteiger partial charge in [-0.1, -0.05) is 12.1 Å². The van der Waals surface area contributed by atoms with Crippen molar-refractivity contribution in [1.82, 2.24) is 15.2 Å². The second kappa shape index (κ2) is 7.61. The molecule has 2 aromatic rings. The molecule has 1 aromatic carbocycles. The van der Waals surface area contributed by atoms with Crippen molar-refractivity contribution in [3.63, 3.8) is 0 Å². The van der Waals surface area contributed by atoms with Crippen LogP contribution in [0.25, 0.3) is 0 Å². The highest BCUT2D eigenvalue weighted by Gasteiger charge is 2.17. The fourth-order valence-electron chi connectivity index (χ4n) is 2.88. The van der Waals surface area contributed by atoms with E-state index in [1.807, 2.05) is 13.0 Å². The van der Waals surface area contributed by atoms with Crippen molar-refractivity contribution in [1.29, 1.82) is 0 Å². The molecule has 1 N–H and O–H groups in total. The highest BCUT2D eigenvalue weighted by molar-refractivity contribution is 5.95. The molecule has 1 saturated heterocycles. The Morgan fingerprint density at radius 3 is 2.52 bits per heavy atom. The molecule has 0 bridgehead atoms. The minimum absolute atomic E-state index is 0.158. The maximum atomic E-state index is 13.0. The van der Waals surface area contributed by atoms with Crippen LogP contribution in [-0.4, -0.2) is 49.0 Å². The molecule has 1 fully saturated rings. The summed E-state index contributed by atoms with van der Waals surface area (Å²) in [7, 11) is 2.10. The van der Waals surface area contributed by atoms with Crippen molar-refractivity contribution < 1.29 is 9.18 Å². The summed E-state index contributed by atoms with van der Waals surface area (Å²) in [6, 6.07) is 9.51. The van der Waals surface area contributed by atoms with Gasteiger partial charge in [-0.25, -0.2) is 9.37 Å². The van der Waals surface area contributed by atoms with Gasteiger partial charge in [-0.15, -0.1) is 0 Å². The predicted octanol–water partition coefficient (Wildman–Crippen LogP) is 2.46. The van der Waals surface area contributed by atoms with Gasteiger partial charge in [0.2, 0.25) is 0 Å². The number of amides is 1. The van der Waals surface area contributed by atoms with Crippen molar-refractivity contribution in [2.45, 2.75) is 13.0 Å². The second-order valence-electron chi connectivity index (χ2n) is 6.44.